The highest BCUT2D eigenvalue weighted by Crippen LogP contribution is 2.27. The molecule has 0 saturated carbocycles. The number of carbonyl (C=O) groups is 1. The maximum atomic E-state index is 13.0. The van der Waals surface area contributed by atoms with Crippen LogP contribution in [0.1, 0.15) is 38.2 Å². The van der Waals surface area contributed by atoms with Crippen LogP contribution in [0.2, 0.25) is 0 Å². The van der Waals surface area contributed by atoms with Crippen molar-refractivity contribution in [1.29, 1.82) is 0 Å². The minimum Gasteiger partial charge on any atom is -0.369 e. The van der Waals surface area contributed by atoms with Crippen LogP contribution in [0.25, 0.3) is 0 Å². The van der Waals surface area contributed by atoms with Crippen molar-refractivity contribution >= 4 is 27.3 Å². The topological polar surface area (TPSA) is 73.0 Å². The SMILES string of the molecule is CC(C)c1ccc(S(=O)(=O)N2CCC(C(=O)Nc3ccc(N4CCN(C)CC4)cc3)CC2)cc1. The number of piperidine rings is 1. The number of nitrogens with zero attached hydrogens (tertiary/aromatic N) is 3. The zero-order chi connectivity index (χ0) is 24.3. The maximum absolute atomic E-state index is 13.0. The van der Waals surface area contributed by atoms with Gasteiger partial charge >= 0.3 is 0 Å². The van der Waals surface area contributed by atoms with E-state index in [1.54, 1.807) is 12.1 Å². The molecule has 1 amide bonds. The first kappa shape index (κ1) is 24.7. The van der Waals surface area contributed by atoms with Gasteiger partial charge in [-0.15, -0.1) is 0 Å². The monoisotopic (exact) mass is 484 g/mol. The molecule has 0 aliphatic carbocycles. The zero-order valence-corrected chi connectivity index (χ0v) is 21.2. The maximum Gasteiger partial charge on any atom is 0.243 e. The number of sulfonamides is 1. The quantitative estimate of drug-likeness (QED) is 0.678. The summed E-state index contributed by atoms with van der Waals surface area (Å²) in [5.41, 5.74) is 3.07. The van der Waals surface area contributed by atoms with Crippen LogP contribution in [0.5, 0.6) is 0 Å². The molecule has 8 heteroatoms. The van der Waals surface area contributed by atoms with E-state index in [1.165, 1.54) is 9.99 Å². The number of benzene rings is 2. The largest absolute Gasteiger partial charge is 0.369 e. The molecule has 2 fully saturated rings. The predicted octanol–water partition coefficient (Wildman–Crippen LogP) is 3.60. The minimum absolute atomic E-state index is 0.0364. The van der Waals surface area contributed by atoms with Crippen molar-refractivity contribution in [1.82, 2.24) is 9.21 Å². The normalized spacial score (nSPS) is 18.9. The third-order valence-electron chi connectivity index (χ3n) is 7.01. The molecule has 2 heterocycles. The Labute approximate surface area is 203 Å². The molecule has 4 rings (SSSR count). The second kappa shape index (κ2) is 10.5. The fourth-order valence-electron chi connectivity index (χ4n) is 4.60. The Morgan fingerprint density at radius 2 is 1.47 bits per heavy atom. The van der Waals surface area contributed by atoms with Gasteiger partial charge in [-0.05, 0) is 67.8 Å². The summed E-state index contributed by atoms with van der Waals surface area (Å²) in [5.74, 6) is 0.131. The zero-order valence-electron chi connectivity index (χ0n) is 20.4. The Morgan fingerprint density at radius 3 is 2.03 bits per heavy atom. The van der Waals surface area contributed by atoms with Crippen LogP contribution in [-0.4, -0.2) is 69.8 Å². The molecule has 2 saturated heterocycles. The van der Waals surface area contributed by atoms with E-state index in [2.05, 4.69) is 48.1 Å². The molecule has 7 nitrogen and oxygen atoms in total. The van der Waals surface area contributed by atoms with Gasteiger partial charge in [-0.1, -0.05) is 26.0 Å². The summed E-state index contributed by atoms with van der Waals surface area (Å²) in [7, 11) is -1.40. The highest BCUT2D eigenvalue weighted by Gasteiger charge is 2.32. The van der Waals surface area contributed by atoms with Crippen LogP contribution in [0.3, 0.4) is 0 Å². The average molecular weight is 485 g/mol. The van der Waals surface area contributed by atoms with Crippen molar-refractivity contribution in [3.8, 4) is 0 Å². The van der Waals surface area contributed by atoms with E-state index in [-0.39, 0.29) is 11.8 Å². The molecular weight excluding hydrogens is 448 g/mol. The van der Waals surface area contributed by atoms with E-state index >= 15 is 0 Å². The predicted molar refractivity (Wildman–Crippen MR) is 137 cm³/mol. The molecule has 0 atom stereocenters. The Hall–Kier alpha value is -2.42. The van der Waals surface area contributed by atoms with E-state index in [9.17, 15) is 13.2 Å². The summed E-state index contributed by atoms with van der Waals surface area (Å²) in [6.45, 7) is 9.00. The second-order valence-corrected chi connectivity index (χ2v) is 11.7. The molecule has 0 bridgehead atoms. The van der Waals surface area contributed by atoms with Crippen molar-refractivity contribution in [3.05, 3.63) is 54.1 Å². The fourth-order valence-corrected chi connectivity index (χ4v) is 6.07. The van der Waals surface area contributed by atoms with Crippen LogP contribution >= 0.6 is 0 Å². The number of hydrogen-bond donors (Lipinski definition) is 1. The first-order valence-corrected chi connectivity index (χ1v) is 13.6. The number of nitrogens with one attached hydrogen (secondary N) is 1. The number of rotatable bonds is 6. The van der Waals surface area contributed by atoms with E-state index in [0.29, 0.717) is 36.7 Å². The average Bonchev–Trinajstić information content (AvgIpc) is 2.85. The lowest BCUT2D eigenvalue weighted by molar-refractivity contribution is -0.120. The van der Waals surface area contributed by atoms with E-state index in [0.717, 1.165) is 37.4 Å². The molecule has 2 aliphatic rings. The van der Waals surface area contributed by atoms with Gasteiger partial charge in [0, 0.05) is 56.6 Å². The van der Waals surface area contributed by atoms with Crippen LogP contribution in [-0.2, 0) is 14.8 Å². The lowest BCUT2D eigenvalue weighted by Gasteiger charge is -2.34. The first-order valence-electron chi connectivity index (χ1n) is 12.2. The van der Waals surface area contributed by atoms with Crippen LogP contribution in [0.15, 0.2) is 53.4 Å². The third-order valence-corrected chi connectivity index (χ3v) is 8.93. The fraction of sp³-hybridized carbons (Fsp3) is 0.500. The molecule has 0 spiro atoms. The standard InChI is InChI=1S/C26H36N4O3S/c1-20(2)21-4-10-25(11-5-21)34(32,33)30-14-12-22(13-15-30)26(31)27-23-6-8-24(9-7-23)29-18-16-28(3)17-19-29/h4-11,20,22H,12-19H2,1-3H3,(H,27,31). The Kier molecular flexibility index (Phi) is 7.60. The van der Waals surface area contributed by atoms with E-state index < -0.39 is 10.0 Å². The summed E-state index contributed by atoms with van der Waals surface area (Å²) in [5, 5.41) is 3.02. The summed E-state index contributed by atoms with van der Waals surface area (Å²) in [6.07, 6.45) is 1.04. The van der Waals surface area contributed by atoms with Crippen LogP contribution in [0, 0.1) is 5.92 Å². The van der Waals surface area contributed by atoms with E-state index in [1.807, 2.05) is 24.3 Å². The number of carbonyl (C=O) groups excluding carboxylic acids is 1. The van der Waals surface area contributed by atoms with Crippen LogP contribution < -0.4 is 10.2 Å². The second-order valence-electron chi connectivity index (χ2n) is 9.73. The summed E-state index contributed by atoms with van der Waals surface area (Å²) >= 11 is 0. The molecular formula is C26H36N4O3S. The molecule has 2 aliphatic heterocycles. The number of hydrogen-bond acceptors (Lipinski definition) is 5. The molecule has 0 aromatic heterocycles. The number of likely N-dealkylation sites (N-methyl/N-ethyl adjacent to an activating group) is 1. The molecule has 1 N–H and O–H groups in total. The third kappa shape index (κ3) is 5.62. The number of amides is 1. The molecule has 2 aromatic rings. The van der Waals surface area contributed by atoms with Gasteiger partial charge < -0.3 is 15.1 Å². The Balaban J connectivity index is 1.30. The number of piperazine rings is 1. The van der Waals surface area contributed by atoms with Gasteiger partial charge in [-0.2, -0.15) is 4.31 Å². The molecule has 0 radical (unpaired) electrons. The van der Waals surface area contributed by atoms with Gasteiger partial charge in [0.05, 0.1) is 4.90 Å². The van der Waals surface area contributed by atoms with Crippen molar-refractivity contribution in [2.24, 2.45) is 5.92 Å². The first-order chi connectivity index (χ1) is 16.2. The van der Waals surface area contributed by atoms with Gasteiger partial charge in [0.2, 0.25) is 15.9 Å². The Bertz CT molecular complexity index is 1070. The van der Waals surface area contributed by atoms with Gasteiger partial charge in [0.25, 0.3) is 0 Å². The Morgan fingerprint density at radius 1 is 0.882 bits per heavy atom. The highest BCUT2D eigenvalue weighted by molar-refractivity contribution is 7.89. The van der Waals surface area contributed by atoms with E-state index in [4.69, 9.17) is 0 Å². The van der Waals surface area contributed by atoms with Crippen molar-refractivity contribution in [2.75, 3.05) is 56.5 Å². The van der Waals surface area contributed by atoms with Crippen LogP contribution in [0.4, 0.5) is 11.4 Å². The lowest BCUT2D eigenvalue weighted by Crippen LogP contribution is -2.44. The van der Waals surface area contributed by atoms with Gasteiger partial charge in [-0.25, -0.2) is 8.42 Å². The summed E-state index contributed by atoms with van der Waals surface area (Å²) in [6, 6.07) is 15.2. The summed E-state index contributed by atoms with van der Waals surface area (Å²) < 4.78 is 27.6. The van der Waals surface area contributed by atoms with Gasteiger partial charge in [0.15, 0.2) is 0 Å². The van der Waals surface area contributed by atoms with Crippen molar-refractivity contribution < 1.29 is 13.2 Å². The molecule has 34 heavy (non-hydrogen) atoms. The van der Waals surface area contributed by atoms with Gasteiger partial charge in [-0.3, -0.25) is 4.79 Å². The van der Waals surface area contributed by atoms with Crippen molar-refractivity contribution in [2.45, 2.75) is 37.5 Å². The molecule has 0 unspecified atom stereocenters. The summed E-state index contributed by atoms with van der Waals surface area (Å²) in [4.78, 5) is 17.8. The minimum atomic E-state index is -3.54. The van der Waals surface area contributed by atoms with Crippen molar-refractivity contribution in [3.63, 3.8) is 0 Å². The lowest BCUT2D eigenvalue weighted by atomic mass is 9.97. The molecule has 184 valence electrons. The smallest absolute Gasteiger partial charge is 0.243 e. The highest BCUT2D eigenvalue weighted by atomic mass is 32.2. The number of anilines is 2. The van der Waals surface area contributed by atoms with Gasteiger partial charge in [0.1, 0.15) is 0 Å². The molecule has 2 aromatic carbocycles.